The highest BCUT2D eigenvalue weighted by atomic mass is 127. The van der Waals surface area contributed by atoms with Gasteiger partial charge in [0.2, 0.25) is 0 Å². The maximum Gasteiger partial charge on any atom is 0.335 e. The van der Waals surface area contributed by atoms with Gasteiger partial charge in [-0.25, -0.2) is 9.69 Å². The smallest absolute Gasteiger partial charge is 0.335 e. The molecule has 1 aliphatic rings. The van der Waals surface area contributed by atoms with Gasteiger partial charge in [-0.2, -0.15) is 0 Å². The highest BCUT2D eigenvalue weighted by Gasteiger charge is 2.37. The van der Waals surface area contributed by atoms with Gasteiger partial charge in [-0.1, -0.05) is 70.5 Å². The summed E-state index contributed by atoms with van der Waals surface area (Å²) >= 11 is 5.55. The number of anilines is 1. The van der Waals surface area contributed by atoms with E-state index >= 15 is 0 Å². The van der Waals surface area contributed by atoms with E-state index in [0.29, 0.717) is 41.7 Å². The van der Waals surface area contributed by atoms with Crippen LogP contribution in [0.3, 0.4) is 0 Å². The summed E-state index contributed by atoms with van der Waals surface area (Å²) in [6, 6.07) is 31.1. The Morgan fingerprint density at radius 2 is 1.59 bits per heavy atom. The standard InChI is InChI=1S/C36H26BrIN2O6/c1-44-32-19-23(18-31(38)33(32)46-21-25-7-4-6-24-5-2-3-8-29(24)25)17-30-34(41)39-36(43)40(35(30)42)27-13-15-28(16-14-27)45-20-22-9-11-26(37)12-10-22/h2-19H,20-21H2,1H3,(H,39,41,43)/b30-17+. The minimum Gasteiger partial charge on any atom is -0.493 e. The third kappa shape index (κ3) is 6.77. The van der Waals surface area contributed by atoms with Gasteiger partial charge in [-0.15, -0.1) is 0 Å². The Balaban J connectivity index is 1.20. The lowest BCUT2D eigenvalue weighted by Gasteiger charge is -2.26. The third-order valence-corrected chi connectivity index (χ3v) is 8.66. The molecule has 5 aromatic carbocycles. The van der Waals surface area contributed by atoms with Gasteiger partial charge in [-0.05, 0) is 105 Å². The van der Waals surface area contributed by atoms with E-state index in [9.17, 15) is 14.4 Å². The minimum absolute atomic E-state index is 0.197. The zero-order valence-corrected chi connectivity index (χ0v) is 28.2. The molecule has 5 aromatic rings. The first kappa shape index (κ1) is 31.3. The number of imide groups is 2. The normalized spacial score (nSPS) is 14.0. The van der Waals surface area contributed by atoms with E-state index in [4.69, 9.17) is 14.2 Å². The van der Waals surface area contributed by atoms with Crippen LogP contribution in [0.15, 0.2) is 113 Å². The van der Waals surface area contributed by atoms with Crippen LogP contribution < -0.4 is 24.4 Å². The van der Waals surface area contributed by atoms with E-state index < -0.39 is 17.8 Å². The van der Waals surface area contributed by atoms with E-state index in [-0.39, 0.29) is 5.57 Å². The fraction of sp³-hybridized carbons (Fsp3) is 0.0833. The van der Waals surface area contributed by atoms with Crippen molar-refractivity contribution in [1.29, 1.82) is 0 Å². The van der Waals surface area contributed by atoms with Crippen molar-refractivity contribution in [2.75, 3.05) is 12.0 Å². The molecular formula is C36H26BrIN2O6. The summed E-state index contributed by atoms with van der Waals surface area (Å²) in [7, 11) is 1.53. The number of hydrogen-bond acceptors (Lipinski definition) is 6. The molecule has 6 rings (SSSR count). The Morgan fingerprint density at radius 1 is 0.848 bits per heavy atom. The minimum atomic E-state index is -0.833. The van der Waals surface area contributed by atoms with E-state index in [2.05, 4.69) is 62.0 Å². The van der Waals surface area contributed by atoms with Gasteiger partial charge in [0.25, 0.3) is 11.8 Å². The first-order valence-corrected chi connectivity index (χ1v) is 16.0. The molecule has 1 N–H and O–H groups in total. The van der Waals surface area contributed by atoms with Crippen molar-refractivity contribution in [1.82, 2.24) is 5.32 Å². The predicted octanol–water partition coefficient (Wildman–Crippen LogP) is 8.04. The van der Waals surface area contributed by atoms with Gasteiger partial charge < -0.3 is 14.2 Å². The third-order valence-electron chi connectivity index (χ3n) is 7.33. The number of benzene rings is 5. The quantitative estimate of drug-likeness (QED) is 0.0924. The number of nitrogens with one attached hydrogen (secondary N) is 1. The molecule has 0 unspecified atom stereocenters. The van der Waals surface area contributed by atoms with Crippen molar-refractivity contribution < 1.29 is 28.6 Å². The molecule has 0 atom stereocenters. The first-order chi connectivity index (χ1) is 22.3. The fourth-order valence-electron chi connectivity index (χ4n) is 5.03. The van der Waals surface area contributed by atoms with Gasteiger partial charge in [0.1, 0.15) is 24.5 Å². The second kappa shape index (κ2) is 13.8. The number of halogens is 2. The number of amides is 4. The summed E-state index contributed by atoms with van der Waals surface area (Å²) in [5, 5.41) is 4.49. The molecule has 0 aromatic heterocycles. The average molecular weight is 789 g/mol. The molecule has 0 radical (unpaired) electrons. The molecule has 1 aliphatic heterocycles. The lowest BCUT2D eigenvalue weighted by atomic mass is 10.1. The molecule has 0 aliphatic carbocycles. The van der Waals surface area contributed by atoms with Crippen LogP contribution in [0.2, 0.25) is 0 Å². The molecular weight excluding hydrogens is 763 g/mol. The highest BCUT2D eigenvalue weighted by molar-refractivity contribution is 14.1. The van der Waals surface area contributed by atoms with Crippen molar-refractivity contribution in [3.63, 3.8) is 0 Å². The molecule has 230 valence electrons. The Labute approximate surface area is 287 Å². The number of fused-ring (bicyclic) bond motifs is 1. The largest absolute Gasteiger partial charge is 0.493 e. The van der Waals surface area contributed by atoms with Crippen LogP contribution in [0.4, 0.5) is 10.5 Å². The molecule has 0 saturated carbocycles. The van der Waals surface area contributed by atoms with Crippen LogP contribution in [0, 0.1) is 3.57 Å². The van der Waals surface area contributed by atoms with E-state index in [1.165, 1.54) is 13.2 Å². The van der Waals surface area contributed by atoms with Gasteiger partial charge in [0.05, 0.1) is 16.4 Å². The van der Waals surface area contributed by atoms with Gasteiger partial charge in [-0.3, -0.25) is 14.9 Å². The number of rotatable bonds is 9. The highest BCUT2D eigenvalue weighted by Crippen LogP contribution is 2.36. The molecule has 0 bridgehead atoms. The number of methoxy groups -OCH3 is 1. The summed E-state index contributed by atoms with van der Waals surface area (Å²) in [6.07, 6.45) is 1.44. The number of carbonyl (C=O) groups excluding carboxylic acids is 3. The van der Waals surface area contributed by atoms with Crippen LogP contribution in [-0.2, 0) is 22.8 Å². The van der Waals surface area contributed by atoms with Crippen LogP contribution in [0.5, 0.6) is 17.2 Å². The number of carbonyl (C=O) groups is 3. The average Bonchev–Trinajstić information content (AvgIpc) is 3.06. The summed E-state index contributed by atoms with van der Waals surface area (Å²) in [4.78, 5) is 40.1. The maximum absolute atomic E-state index is 13.5. The number of hydrogen-bond donors (Lipinski definition) is 1. The second-order valence-electron chi connectivity index (χ2n) is 10.3. The zero-order chi connectivity index (χ0) is 32.2. The van der Waals surface area contributed by atoms with Gasteiger partial charge in [0.15, 0.2) is 11.5 Å². The molecule has 0 spiro atoms. The summed E-state index contributed by atoms with van der Waals surface area (Å²) < 4.78 is 19.4. The second-order valence-corrected chi connectivity index (χ2v) is 12.4. The Bertz CT molecular complexity index is 1990. The van der Waals surface area contributed by atoms with E-state index in [1.54, 1.807) is 36.4 Å². The van der Waals surface area contributed by atoms with Crippen LogP contribution in [-0.4, -0.2) is 25.0 Å². The maximum atomic E-state index is 13.5. The van der Waals surface area contributed by atoms with Gasteiger partial charge >= 0.3 is 6.03 Å². The Kier molecular flexibility index (Phi) is 9.36. The lowest BCUT2D eigenvalue weighted by molar-refractivity contribution is -0.122. The first-order valence-electron chi connectivity index (χ1n) is 14.2. The van der Waals surface area contributed by atoms with Crippen molar-refractivity contribution in [2.45, 2.75) is 13.2 Å². The van der Waals surface area contributed by atoms with Crippen LogP contribution in [0.1, 0.15) is 16.7 Å². The SMILES string of the molecule is COc1cc(/C=C2\C(=O)NC(=O)N(c3ccc(OCc4ccc(Br)cc4)cc3)C2=O)cc(I)c1OCc1cccc2ccccc12. The Morgan fingerprint density at radius 3 is 2.35 bits per heavy atom. The van der Waals surface area contributed by atoms with Crippen molar-refractivity contribution in [3.8, 4) is 17.2 Å². The summed E-state index contributed by atoms with van der Waals surface area (Å²) in [5.41, 5.74) is 2.64. The summed E-state index contributed by atoms with van der Waals surface area (Å²) in [5.74, 6) is 0.00692. The number of nitrogens with zero attached hydrogens (tertiary/aromatic N) is 1. The van der Waals surface area contributed by atoms with Crippen molar-refractivity contribution in [3.05, 3.63) is 133 Å². The zero-order valence-electron chi connectivity index (χ0n) is 24.5. The molecule has 8 nitrogen and oxygen atoms in total. The topological polar surface area (TPSA) is 94.2 Å². The van der Waals surface area contributed by atoms with Gasteiger partial charge in [0, 0.05) is 4.47 Å². The molecule has 1 fully saturated rings. The van der Waals surface area contributed by atoms with E-state index in [0.717, 1.165) is 34.8 Å². The molecule has 1 saturated heterocycles. The van der Waals surface area contributed by atoms with Crippen molar-refractivity contribution in [2.24, 2.45) is 0 Å². The van der Waals surface area contributed by atoms with Crippen LogP contribution >= 0.6 is 38.5 Å². The molecule has 10 heteroatoms. The number of ether oxygens (including phenoxy) is 3. The van der Waals surface area contributed by atoms with Crippen LogP contribution in [0.25, 0.3) is 16.8 Å². The van der Waals surface area contributed by atoms with Crippen molar-refractivity contribution >= 4 is 78.9 Å². The Hall–Kier alpha value is -4.68. The lowest BCUT2D eigenvalue weighted by Crippen LogP contribution is -2.54. The molecule has 4 amide bonds. The van der Waals surface area contributed by atoms with E-state index in [1.807, 2.05) is 48.5 Å². The monoisotopic (exact) mass is 788 g/mol. The molecule has 1 heterocycles. The molecule has 46 heavy (non-hydrogen) atoms. The summed E-state index contributed by atoms with van der Waals surface area (Å²) in [6.45, 7) is 0.673. The fourth-order valence-corrected chi connectivity index (χ4v) is 6.07. The number of barbiturate groups is 1. The predicted molar refractivity (Wildman–Crippen MR) is 188 cm³/mol. The number of urea groups is 1.